The molecule has 1 amide bonds. The monoisotopic (exact) mass is 278 g/mol. The number of ether oxygens (including phenoxy) is 1. The second kappa shape index (κ2) is 6.83. The summed E-state index contributed by atoms with van der Waals surface area (Å²) < 4.78 is 5.52. The van der Waals surface area contributed by atoms with E-state index in [1.165, 1.54) is 0 Å². The van der Waals surface area contributed by atoms with Crippen LogP contribution in [0.1, 0.15) is 30.1 Å². The first-order valence-electron chi connectivity index (χ1n) is 6.98. The van der Waals surface area contributed by atoms with Crippen LogP contribution < -0.4 is 11.1 Å². The van der Waals surface area contributed by atoms with Crippen molar-refractivity contribution in [3.63, 3.8) is 0 Å². The Labute approximate surface area is 119 Å². The van der Waals surface area contributed by atoms with Crippen LogP contribution in [0.15, 0.2) is 24.3 Å². The molecule has 5 heteroatoms. The molecule has 1 aromatic carbocycles. The zero-order valence-corrected chi connectivity index (χ0v) is 11.7. The zero-order valence-electron chi connectivity index (χ0n) is 11.7. The average Bonchev–Trinajstić information content (AvgIpc) is 2.94. The summed E-state index contributed by atoms with van der Waals surface area (Å²) in [6, 6.07) is 7.59. The van der Waals surface area contributed by atoms with E-state index in [2.05, 4.69) is 5.32 Å². The Morgan fingerprint density at radius 3 is 2.90 bits per heavy atom. The molecule has 1 saturated heterocycles. The first-order chi connectivity index (χ1) is 9.61. The van der Waals surface area contributed by atoms with Crippen molar-refractivity contribution in [2.45, 2.75) is 38.1 Å². The van der Waals surface area contributed by atoms with Gasteiger partial charge < -0.3 is 20.9 Å². The van der Waals surface area contributed by atoms with Crippen LogP contribution >= 0.6 is 0 Å². The third kappa shape index (κ3) is 3.56. The van der Waals surface area contributed by atoms with Crippen molar-refractivity contribution in [1.29, 1.82) is 0 Å². The number of carbonyl (C=O) groups is 1. The van der Waals surface area contributed by atoms with Crippen molar-refractivity contribution < 1.29 is 14.6 Å². The molecule has 0 spiro atoms. The van der Waals surface area contributed by atoms with Gasteiger partial charge in [0.2, 0.25) is 5.91 Å². The van der Waals surface area contributed by atoms with Gasteiger partial charge in [0.15, 0.2) is 0 Å². The molecule has 1 aromatic rings. The van der Waals surface area contributed by atoms with E-state index in [0.717, 1.165) is 17.5 Å². The van der Waals surface area contributed by atoms with Crippen molar-refractivity contribution in [3.05, 3.63) is 35.4 Å². The maximum atomic E-state index is 11.9. The number of benzene rings is 1. The first-order valence-corrected chi connectivity index (χ1v) is 6.98. The molecule has 110 valence electrons. The van der Waals surface area contributed by atoms with Gasteiger partial charge in [-0.3, -0.25) is 4.79 Å². The Kier molecular flexibility index (Phi) is 5.11. The number of rotatable bonds is 5. The second-order valence-electron chi connectivity index (χ2n) is 5.18. The first kappa shape index (κ1) is 15.0. The summed E-state index contributed by atoms with van der Waals surface area (Å²) >= 11 is 0. The lowest BCUT2D eigenvalue weighted by Crippen LogP contribution is -2.37. The summed E-state index contributed by atoms with van der Waals surface area (Å²) in [5, 5.41) is 12.9. The number of carbonyl (C=O) groups excluding carboxylic acids is 1. The minimum absolute atomic E-state index is 0.0213. The highest BCUT2D eigenvalue weighted by atomic mass is 16.5. The highest BCUT2D eigenvalue weighted by Gasteiger charge is 2.29. The van der Waals surface area contributed by atoms with Crippen molar-refractivity contribution in [2.75, 3.05) is 13.1 Å². The van der Waals surface area contributed by atoms with E-state index in [0.29, 0.717) is 13.0 Å². The molecule has 2 rings (SSSR count). The SMILES string of the molecule is Cc1ccccc1C(O)CNC(=O)[C@@H]1CC[C@H](CN)O1. The smallest absolute Gasteiger partial charge is 0.249 e. The lowest BCUT2D eigenvalue weighted by molar-refractivity contribution is -0.132. The third-order valence-corrected chi connectivity index (χ3v) is 3.68. The minimum atomic E-state index is -0.702. The molecule has 5 nitrogen and oxygen atoms in total. The molecule has 0 aromatic heterocycles. The second-order valence-corrected chi connectivity index (χ2v) is 5.18. The van der Waals surface area contributed by atoms with Gasteiger partial charge in [-0.15, -0.1) is 0 Å². The van der Waals surface area contributed by atoms with Gasteiger partial charge in [-0.1, -0.05) is 24.3 Å². The maximum Gasteiger partial charge on any atom is 0.249 e. The number of aliphatic hydroxyl groups is 1. The fourth-order valence-electron chi connectivity index (χ4n) is 2.45. The normalized spacial score (nSPS) is 23.6. The number of hydrogen-bond donors (Lipinski definition) is 3. The third-order valence-electron chi connectivity index (χ3n) is 3.68. The van der Waals surface area contributed by atoms with Gasteiger partial charge >= 0.3 is 0 Å². The quantitative estimate of drug-likeness (QED) is 0.738. The molecule has 3 atom stereocenters. The number of hydrogen-bond acceptors (Lipinski definition) is 4. The van der Waals surface area contributed by atoms with Crippen LogP contribution in [0.3, 0.4) is 0 Å². The Morgan fingerprint density at radius 1 is 1.50 bits per heavy atom. The molecule has 1 fully saturated rings. The van der Waals surface area contributed by atoms with Crippen LogP contribution in [0.4, 0.5) is 0 Å². The van der Waals surface area contributed by atoms with Crippen LogP contribution in [-0.2, 0) is 9.53 Å². The number of aliphatic hydroxyl groups excluding tert-OH is 1. The van der Waals surface area contributed by atoms with Gasteiger partial charge in [0.25, 0.3) is 0 Å². The summed E-state index contributed by atoms with van der Waals surface area (Å²) in [4.78, 5) is 11.9. The molecular weight excluding hydrogens is 256 g/mol. The lowest BCUT2D eigenvalue weighted by Gasteiger charge is -2.17. The van der Waals surface area contributed by atoms with Crippen LogP contribution in [0.25, 0.3) is 0 Å². The molecule has 4 N–H and O–H groups in total. The van der Waals surface area contributed by atoms with Crippen molar-refractivity contribution in [2.24, 2.45) is 5.73 Å². The Bertz CT molecular complexity index is 464. The number of aryl methyl sites for hydroxylation is 1. The van der Waals surface area contributed by atoms with E-state index in [1.54, 1.807) is 0 Å². The molecule has 0 bridgehead atoms. The number of nitrogens with one attached hydrogen (secondary N) is 1. The van der Waals surface area contributed by atoms with E-state index in [1.807, 2.05) is 31.2 Å². The molecule has 0 aliphatic carbocycles. The van der Waals surface area contributed by atoms with E-state index >= 15 is 0 Å². The van der Waals surface area contributed by atoms with Crippen LogP contribution in [0, 0.1) is 6.92 Å². The summed E-state index contributed by atoms with van der Waals surface area (Å²) in [7, 11) is 0. The van der Waals surface area contributed by atoms with E-state index in [4.69, 9.17) is 10.5 Å². The predicted octanol–water partition coefficient (Wildman–Crippen LogP) is 0.651. The molecular formula is C15H22N2O3. The molecule has 1 unspecified atom stereocenters. The van der Waals surface area contributed by atoms with Crippen molar-refractivity contribution in [3.8, 4) is 0 Å². The molecule has 1 heterocycles. The highest BCUT2D eigenvalue weighted by Crippen LogP contribution is 2.20. The molecule has 1 aliphatic heterocycles. The van der Waals surface area contributed by atoms with E-state index in [9.17, 15) is 9.90 Å². The fraction of sp³-hybridized carbons (Fsp3) is 0.533. The van der Waals surface area contributed by atoms with E-state index < -0.39 is 12.2 Å². The summed E-state index contributed by atoms with van der Waals surface area (Å²) in [6.07, 6.45) is 0.342. The topological polar surface area (TPSA) is 84.6 Å². The van der Waals surface area contributed by atoms with Gasteiger partial charge in [0.05, 0.1) is 12.2 Å². The van der Waals surface area contributed by atoms with Crippen molar-refractivity contribution >= 4 is 5.91 Å². The Morgan fingerprint density at radius 2 is 2.25 bits per heavy atom. The summed E-state index contributed by atoms with van der Waals surface area (Å²) in [6.45, 7) is 2.57. The lowest BCUT2D eigenvalue weighted by atomic mass is 10.0. The fourth-order valence-corrected chi connectivity index (χ4v) is 2.45. The minimum Gasteiger partial charge on any atom is -0.387 e. The predicted molar refractivity (Wildman–Crippen MR) is 76.1 cm³/mol. The number of nitrogens with two attached hydrogens (primary N) is 1. The molecule has 0 radical (unpaired) electrons. The Hall–Kier alpha value is -1.43. The average molecular weight is 278 g/mol. The van der Waals surface area contributed by atoms with Crippen LogP contribution in [0.5, 0.6) is 0 Å². The van der Waals surface area contributed by atoms with Crippen LogP contribution in [-0.4, -0.2) is 36.3 Å². The highest BCUT2D eigenvalue weighted by molar-refractivity contribution is 5.81. The van der Waals surface area contributed by atoms with E-state index in [-0.39, 0.29) is 18.6 Å². The van der Waals surface area contributed by atoms with Gasteiger partial charge in [-0.2, -0.15) is 0 Å². The zero-order chi connectivity index (χ0) is 14.5. The Balaban J connectivity index is 1.83. The van der Waals surface area contributed by atoms with Gasteiger partial charge in [-0.25, -0.2) is 0 Å². The molecule has 1 aliphatic rings. The van der Waals surface area contributed by atoms with Gasteiger partial charge in [0, 0.05) is 13.1 Å². The van der Waals surface area contributed by atoms with Crippen LogP contribution in [0.2, 0.25) is 0 Å². The largest absolute Gasteiger partial charge is 0.387 e. The summed E-state index contributed by atoms with van der Waals surface area (Å²) in [5.41, 5.74) is 7.36. The maximum absolute atomic E-state index is 11.9. The molecule has 20 heavy (non-hydrogen) atoms. The van der Waals surface area contributed by atoms with Crippen molar-refractivity contribution in [1.82, 2.24) is 5.32 Å². The van der Waals surface area contributed by atoms with Gasteiger partial charge in [-0.05, 0) is 30.9 Å². The van der Waals surface area contributed by atoms with Gasteiger partial charge in [0.1, 0.15) is 6.10 Å². The molecule has 0 saturated carbocycles. The standard InChI is InChI=1S/C15H22N2O3/c1-10-4-2-3-5-12(10)13(18)9-17-15(19)14-7-6-11(8-16)20-14/h2-5,11,13-14,18H,6-9,16H2,1H3,(H,17,19)/t11-,13?,14+/m1/s1. The summed E-state index contributed by atoms with van der Waals surface area (Å²) in [5.74, 6) is -0.173. The number of amides is 1.